The fourth-order valence-electron chi connectivity index (χ4n) is 0.622. The van der Waals surface area contributed by atoms with Crippen LogP contribution in [-0.4, -0.2) is 0.807 Å². The predicted molar refractivity (Wildman–Crippen MR) is 74.9 cm³/mol. The quantitative estimate of drug-likeness (QED) is 0.340. The van der Waals surface area contributed by atoms with Crippen LogP contribution in [0, 0.1) is 0 Å². The Balaban J connectivity index is 2.66. The summed E-state index contributed by atoms with van der Waals surface area (Å²) < 4.78 is 4.21. The first-order valence-electron chi connectivity index (χ1n) is 2.89. The maximum absolute atomic E-state index is 5.70. The van der Waals surface area contributed by atoms with Gasteiger partial charge in [0.15, 0.2) is 0 Å². The number of hydrogen-bond acceptors (Lipinski definition) is 1. The molecule has 0 saturated carbocycles. The van der Waals surface area contributed by atoms with Gasteiger partial charge in [-0.2, -0.15) is 0 Å². The largest absolute Gasteiger partial charge is 0.519 e. The van der Waals surface area contributed by atoms with Crippen molar-refractivity contribution >= 4 is 66.2 Å². The number of rotatable bonds is 2. The maximum Gasteiger partial charge on any atom is 0.448 e. The summed E-state index contributed by atoms with van der Waals surface area (Å²) in [5.74, 6) is 0.970. The van der Waals surface area contributed by atoms with Crippen molar-refractivity contribution in [1.29, 1.82) is 0 Å². The number of halogens is 3. The number of para-hydroxylation sites is 1. The molecule has 1 aromatic carbocycles. The SMILES string of the molecule is I[Si](I)(I)Oc1ccccc1. The highest BCUT2D eigenvalue weighted by molar-refractivity contribution is 14.4. The Morgan fingerprint density at radius 3 is 2.00 bits per heavy atom. The van der Waals surface area contributed by atoms with Crippen LogP contribution in [0.25, 0.3) is 0 Å². The fourth-order valence-corrected chi connectivity index (χ4v) is 3.31. The third-order valence-electron chi connectivity index (χ3n) is 0.977. The van der Waals surface area contributed by atoms with Crippen molar-refractivity contribution < 1.29 is 4.43 Å². The molecule has 0 atom stereocenters. The molecule has 0 fully saturated rings. The van der Waals surface area contributed by atoms with Gasteiger partial charge in [-0.15, -0.1) is 0 Å². The topological polar surface area (TPSA) is 9.23 Å². The lowest BCUT2D eigenvalue weighted by Gasteiger charge is -2.12. The van der Waals surface area contributed by atoms with E-state index in [4.69, 9.17) is 4.43 Å². The highest BCUT2D eigenvalue weighted by Gasteiger charge is 2.25. The van der Waals surface area contributed by atoms with Gasteiger partial charge in [0.1, 0.15) is 5.75 Å². The minimum atomic E-state index is -1.49. The molecule has 1 rings (SSSR count). The normalized spacial score (nSPS) is 11.2. The van der Waals surface area contributed by atoms with Gasteiger partial charge in [-0.1, -0.05) is 18.2 Å². The average Bonchev–Trinajstić information content (AvgIpc) is 1.85. The molecule has 1 aromatic rings. The molecule has 0 bridgehead atoms. The third kappa shape index (κ3) is 4.88. The van der Waals surface area contributed by atoms with Crippen molar-refractivity contribution in [2.45, 2.75) is 0 Å². The monoisotopic (exact) mass is 502 g/mol. The van der Waals surface area contributed by atoms with Crippen molar-refractivity contribution in [2.24, 2.45) is 0 Å². The van der Waals surface area contributed by atoms with Gasteiger partial charge in [0, 0.05) is 0 Å². The van der Waals surface area contributed by atoms with E-state index in [1.165, 1.54) is 0 Å². The first kappa shape index (κ1) is 10.5. The zero-order valence-corrected chi connectivity index (χ0v) is 12.9. The van der Waals surface area contributed by atoms with E-state index in [0.29, 0.717) is 0 Å². The van der Waals surface area contributed by atoms with Gasteiger partial charge in [-0.05, 0) is 77.5 Å². The van der Waals surface area contributed by atoms with Gasteiger partial charge in [0.25, 0.3) is 0 Å². The predicted octanol–water partition coefficient (Wildman–Crippen LogP) is 3.81. The Kier molecular flexibility index (Phi) is 4.40. The van der Waals surface area contributed by atoms with Crippen molar-refractivity contribution in [1.82, 2.24) is 0 Å². The molecule has 0 aliphatic carbocycles. The second kappa shape index (κ2) is 4.60. The van der Waals surface area contributed by atoms with Crippen LogP contribution < -0.4 is 4.43 Å². The van der Waals surface area contributed by atoms with Crippen LogP contribution in [0.2, 0.25) is 0 Å². The third-order valence-corrected chi connectivity index (χ3v) is 3.43. The van der Waals surface area contributed by atoms with Crippen LogP contribution in [-0.2, 0) is 0 Å². The first-order valence-corrected chi connectivity index (χ1v) is 14.1. The molecule has 1 nitrogen and oxygen atoms in total. The van der Waals surface area contributed by atoms with Crippen LogP contribution in [0.4, 0.5) is 0 Å². The standard InChI is InChI=1S/C6H5I3OSi/c7-11(8,9)10-6-4-2-1-3-5-6/h1-5H. The minimum absolute atomic E-state index is 0.970. The molecule has 0 spiro atoms. The Labute approximate surface area is 105 Å². The summed E-state index contributed by atoms with van der Waals surface area (Å²) in [4.78, 5) is 0. The molecule has 0 aliphatic rings. The molecule has 60 valence electrons. The van der Waals surface area contributed by atoms with E-state index in [0.717, 1.165) is 5.75 Å². The van der Waals surface area contributed by atoms with Crippen LogP contribution in [0.1, 0.15) is 0 Å². The van der Waals surface area contributed by atoms with Crippen molar-refractivity contribution in [2.75, 3.05) is 0 Å². The molecule has 0 aliphatic heterocycles. The highest BCUT2D eigenvalue weighted by atomic mass is 127. The van der Waals surface area contributed by atoms with E-state index >= 15 is 0 Å². The molecule has 0 saturated heterocycles. The Bertz CT molecular complexity index is 221. The van der Waals surface area contributed by atoms with Gasteiger partial charge in [-0.3, -0.25) is 0 Å². The second-order valence-electron chi connectivity index (χ2n) is 1.86. The van der Waals surface area contributed by atoms with Crippen molar-refractivity contribution in [3.8, 4) is 5.75 Å². The molecule has 0 aromatic heterocycles. The first-order chi connectivity index (χ1) is 5.08. The van der Waals surface area contributed by atoms with Crippen molar-refractivity contribution in [3.63, 3.8) is 0 Å². The smallest absolute Gasteiger partial charge is 0.448 e. The molecular formula is C6H5I3OSi. The summed E-state index contributed by atoms with van der Waals surface area (Å²) in [5.41, 5.74) is 0. The van der Waals surface area contributed by atoms with E-state index in [2.05, 4.69) is 65.4 Å². The van der Waals surface area contributed by atoms with E-state index in [9.17, 15) is 0 Å². The summed E-state index contributed by atoms with van der Waals surface area (Å²) in [6.45, 7) is 0. The Morgan fingerprint density at radius 1 is 1.00 bits per heavy atom. The van der Waals surface area contributed by atoms with Gasteiger partial charge < -0.3 is 4.43 Å². The lowest BCUT2D eigenvalue weighted by atomic mass is 10.3. The zero-order valence-electron chi connectivity index (χ0n) is 5.43. The fraction of sp³-hybridized carbons (Fsp3) is 0. The van der Waals surface area contributed by atoms with Gasteiger partial charge in [0.05, 0.1) is 0 Å². The zero-order chi connectivity index (χ0) is 8.32. The lowest BCUT2D eigenvalue weighted by molar-refractivity contribution is 0.609. The number of benzene rings is 1. The molecule has 0 amide bonds. The van der Waals surface area contributed by atoms with Crippen LogP contribution >= 0.6 is 65.4 Å². The summed E-state index contributed by atoms with van der Waals surface area (Å²) in [5, 5.41) is 0. The van der Waals surface area contributed by atoms with Gasteiger partial charge in [0.2, 0.25) is 0 Å². The van der Waals surface area contributed by atoms with Gasteiger partial charge >= 0.3 is 0.807 Å². The molecule has 5 heteroatoms. The molecule has 0 radical (unpaired) electrons. The Morgan fingerprint density at radius 2 is 1.55 bits per heavy atom. The van der Waals surface area contributed by atoms with Crippen LogP contribution in [0.5, 0.6) is 5.75 Å². The minimum Gasteiger partial charge on any atom is -0.519 e. The summed E-state index contributed by atoms with van der Waals surface area (Å²) in [6.07, 6.45) is 0. The molecule has 0 unspecified atom stereocenters. The lowest BCUT2D eigenvalue weighted by Crippen LogP contribution is -2.16. The summed E-state index contributed by atoms with van der Waals surface area (Å²) in [7, 11) is 0. The average molecular weight is 502 g/mol. The molecular weight excluding hydrogens is 497 g/mol. The van der Waals surface area contributed by atoms with Crippen LogP contribution in [0.15, 0.2) is 30.3 Å². The van der Waals surface area contributed by atoms with E-state index in [1.54, 1.807) is 0 Å². The Hall–Kier alpha value is 1.43. The summed E-state index contributed by atoms with van der Waals surface area (Å²) in [6, 6.07) is 9.93. The molecule has 0 N–H and O–H groups in total. The molecule has 0 heterocycles. The number of hydrogen-bond donors (Lipinski definition) is 0. The van der Waals surface area contributed by atoms with E-state index < -0.39 is 0.807 Å². The van der Waals surface area contributed by atoms with Crippen molar-refractivity contribution in [3.05, 3.63) is 30.3 Å². The maximum atomic E-state index is 5.70. The van der Waals surface area contributed by atoms with E-state index in [-0.39, 0.29) is 0 Å². The second-order valence-corrected chi connectivity index (χ2v) is 35.2. The highest BCUT2D eigenvalue weighted by Crippen LogP contribution is 2.31. The van der Waals surface area contributed by atoms with Crippen LogP contribution in [0.3, 0.4) is 0 Å². The summed E-state index contributed by atoms with van der Waals surface area (Å²) >= 11 is 7.11. The van der Waals surface area contributed by atoms with E-state index in [1.807, 2.05) is 30.3 Å². The van der Waals surface area contributed by atoms with Gasteiger partial charge in [-0.25, -0.2) is 0 Å². The molecule has 11 heavy (non-hydrogen) atoms.